The van der Waals surface area contributed by atoms with Crippen molar-refractivity contribution in [1.29, 1.82) is 0 Å². The molecule has 0 aromatic carbocycles. The van der Waals surface area contributed by atoms with Crippen molar-refractivity contribution >= 4 is 5.97 Å². The number of rotatable bonds is 5. The highest BCUT2D eigenvalue weighted by molar-refractivity contribution is 5.81. The third-order valence-electron chi connectivity index (χ3n) is 3.45. The van der Waals surface area contributed by atoms with E-state index in [1.807, 2.05) is 25.7 Å². The summed E-state index contributed by atoms with van der Waals surface area (Å²) >= 11 is 0. The van der Waals surface area contributed by atoms with E-state index in [4.69, 9.17) is 4.74 Å². The number of hydrogen-bond acceptors (Lipinski definition) is 3. The zero-order valence-electron chi connectivity index (χ0n) is 12.8. The van der Waals surface area contributed by atoms with E-state index in [0.29, 0.717) is 19.4 Å². The number of allylic oxidation sites excluding steroid dienone is 1. The Bertz CT molecular complexity index is 361. The molecule has 1 aliphatic heterocycles. The number of carbonyl (C=O) groups is 1. The molecule has 0 spiro atoms. The third-order valence-corrected chi connectivity index (χ3v) is 3.45. The van der Waals surface area contributed by atoms with E-state index in [0.717, 1.165) is 0 Å². The molecule has 0 aliphatic carbocycles. The molecule has 0 aromatic heterocycles. The van der Waals surface area contributed by atoms with Crippen LogP contribution < -0.4 is 0 Å². The summed E-state index contributed by atoms with van der Waals surface area (Å²) in [5.41, 5.74) is -0.268. The van der Waals surface area contributed by atoms with Crippen molar-refractivity contribution in [3.05, 3.63) is 12.2 Å². The van der Waals surface area contributed by atoms with Gasteiger partial charge in [-0.15, -0.1) is 0 Å². The first-order chi connectivity index (χ1) is 9.15. The first-order valence-electron chi connectivity index (χ1n) is 7.13. The van der Waals surface area contributed by atoms with Gasteiger partial charge in [-0.2, -0.15) is 0 Å². The van der Waals surface area contributed by atoms with Crippen molar-refractivity contribution in [2.24, 2.45) is 0 Å². The van der Waals surface area contributed by atoms with Gasteiger partial charge in [0, 0.05) is 24.1 Å². The molecule has 3 nitrogen and oxygen atoms in total. The maximum absolute atomic E-state index is 13.6. The molecule has 1 saturated heterocycles. The molecule has 0 aromatic rings. The number of ether oxygens (including phenoxy) is 1. The molecule has 20 heavy (non-hydrogen) atoms. The van der Waals surface area contributed by atoms with E-state index in [1.54, 1.807) is 13.0 Å². The Hall–Kier alpha value is -0.970. The average molecular weight is 289 g/mol. The predicted octanol–water partition coefficient (Wildman–Crippen LogP) is 3.39. The van der Waals surface area contributed by atoms with Gasteiger partial charge in [-0.3, -0.25) is 4.90 Å². The molecule has 116 valence electrons. The largest absolute Gasteiger partial charge is 0.463 e. The first kappa shape index (κ1) is 17.1. The van der Waals surface area contributed by atoms with Crippen molar-refractivity contribution in [2.45, 2.75) is 64.5 Å². The number of carbonyl (C=O) groups excluding carboxylic acids is 1. The lowest BCUT2D eigenvalue weighted by molar-refractivity contribution is -0.137. The minimum absolute atomic E-state index is 0.0997. The maximum Gasteiger partial charge on any atom is 0.330 e. The van der Waals surface area contributed by atoms with Crippen LogP contribution in [0.2, 0.25) is 0 Å². The molecule has 0 saturated carbocycles. The van der Waals surface area contributed by atoms with Crippen molar-refractivity contribution in [3.63, 3.8) is 0 Å². The summed E-state index contributed by atoms with van der Waals surface area (Å²) in [5.74, 6) is -2.99. The van der Waals surface area contributed by atoms with Gasteiger partial charge in [0.1, 0.15) is 0 Å². The molecular formula is C15H25F2NO2. The quantitative estimate of drug-likeness (QED) is 0.574. The summed E-state index contributed by atoms with van der Waals surface area (Å²) in [6.07, 6.45) is 4.21. The van der Waals surface area contributed by atoms with Crippen LogP contribution >= 0.6 is 0 Å². The van der Waals surface area contributed by atoms with Crippen LogP contribution in [0.1, 0.15) is 47.0 Å². The lowest BCUT2D eigenvalue weighted by atomic mass is 10.0. The van der Waals surface area contributed by atoms with Gasteiger partial charge in [-0.1, -0.05) is 6.08 Å². The van der Waals surface area contributed by atoms with Gasteiger partial charge in [-0.05, 0) is 40.5 Å². The van der Waals surface area contributed by atoms with Gasteiger partial charge in [0.05, 0.1) is 13.2 Å². The summed E-state index contributed by atoms with van der Waals surface area (Å²) in [7, 11) is 0. The van der Waals surface area contributed by atoms with Gasteiger partial charge < -0.3 is 4.74 Å². The van der Waals surface area contributed by atoms with E-state index in [2.05, 4.69) is 0 Å². The average Bonchev–Trinajstić information content (AvgIpc) is 2.60. The Morgan fingerprint density at radius 2 is 2.10 bits per heavy atom. The zero-order valence-corrected chi connectivity index (χ0v) is 12.8. The van der Waals surface area contributed by atoms with Gasteiger partial charge in [-0.25, -0.2) is 13.6 Å². The molecule has 0 unspecified atom stereocenters. The smallest absolute Gasteiger partial charge is 0.330 e. The van der Waals surface area contributed by atoms with Crippen LogP contribution in [0.4, 0.5) is 8.78 Å². The molecule has 0 N–H and O–H groups in total. The van der Waals surface area contributed by atoms with E-state index in [1.165, 1.54) is 6.08 Å². The highest BCUT2D eigenvalue weighted by atomic mass is 19.3. The van der Waals surface area contributed by atoms with Crippen LogP contribution in [-0.4, -0.2) is 41.5 Å². The van der Waals surface area contributed by atoms with Gasteiger partial charge in [0.2, 0.25) is 0 Å². The molecule has 1 heterocycles. The standard InChI is InChI=1S/C15H25F2NO2/c1-5-20-13(19)9-7-6-8-12-10-15(16,17)11-18(12)14(2,3)4/h7,9,12H,5-6,8,10-11H2,1-4H3/t12-/m0/s1. The number of esters is 1. The summed E-state index contributed by atoms with van der Waals surface area (Å²) in [6.45, 7) is 7.77. The van der Waals surface area contributed by atoms with E-state index in [-0.39, 0.29) is 30.5 Å². The number of likely N-dealkylation sites (tertiary alicyclic amines) is 1. The lowest BCUT2D eigenvalue weighted by Crippen LogP contribution is -2.45. The summed E-state index contributed by atoms with van der Waals surface area (Å²) in [6, 6.07) is -0.142. The second kappa shape index (κ2) is 6.66. The predicted molar refractivity (Wildman–Crippen MR) is 74.8 cm³/mol. The Morgan fingerprint density at radius 3 is 2.65 bits per heavy atom. The number of halogens is 2. The summed E-state index contributed by atoms with van der Waals surface area (Å²) in [4.78, 5) is 13.0. The molecule has 1 fully saturated rings. The number of alkyl halides is 2. The van der Waals surface area contributed by atoms with Gasteiger partial charge >= 0.3 is 5.97 Å². The molecule has 0 bridgehead atoms. The summed E-state index contributed by atoms with van der Waals surface area (Å²) in [5, 5.41) is 0. The Labute approximate surface area is 120 Å². The topological polar surface area (TPSA) is 29.5 Å². The van der Waals surface area contributed by atoms with E-state index >= 15 is 0 Å². The maximum atomic E-state index is 13.6. The Kier molecular flexibility index (Phi) is 5.68. The fourth-order valence-electron chi connectivity index (χ4n) is 2.60. The minimum Gasteiger partial charge on any atom is -0.463 e. The van der Waals surface area contributed by atoms with Crippen LogP contribution in [-0.2, 0) is 9.53 Å². The molecule has 1 atom stereocenters. The van der Waals surface area contributed by atoms with E-state index in [9.17, 15) is 13.6 Å². The van der Waals surface area contributed by atoms with Crippen LogP contribution in [0.15, 0.2) is 12.2 Å². The van der Waals surface area contributed by atoms with Crippen LogP contribution in [0.25, 0.3) is 0 Å². The molecule has 0 amide bonds. The zero-order chi connectivity index (χ0) is 15.4. The Morgan fingerprint density at radius 1 is 1.45 bits per heavy atom. The molecule has 0 radical (unpaired) electrons. The first-order valence-corrected chi connectivity index (χ1v) is 7.13. The highest BCUT2D eigenvalue weighted by Gasteiger charge is 2.47. The fourth-order valence-corrected chi connectivity index (χ4v) is 2.60. The number of hydrogen-bond donors (Lipinski definition) is 0. The third kappa shape index (κ3) is 5.19. The van der Waals surface area contributed by atoms with Crippen molar-refractivity contribution in [1.82, 2.24) is 4.90 Å². The monoisotopic (exact) mass is 289 g/mol. The number of nitrogens with zero attached hydrogens (tertiary/aromatic N) is 1. The van der Waals surface area contributed by atoms with Gasteiger partial charge in [0.25, 0.3) is 5.92 Å². The summed E-state index contributed by atoms with van der Waals surface area (Å²) < 4.78 is 31.9. The van der Waals surface area contributed by atoms with Crippen molar-refractivity contribution in [3.8, 4) is 0 Å². The highest BCUT2D eigenvalue weighted by Crippen LogP contribution is 2.38. The molecular weight excluding hydrogens is 264 g/mol. The fraction of sp³-hybridized carbons (Fsp3) is 0.800. The lowest BCUT2D eigenvalue weighted by Gasteiger charge is -2.36. The normalized spacial score (nSPS) is 23.4. The van der Waals surface area contributed by atoms with Gasteiger partial charge in [0.15, 0.2) is 0 Å². The van der Waals surface area contributed by atoms with Crippen LogP contribution in [0.5, 0.6) is 0 Å². The second-order valence-electron chi connectivity index (χ2n) is 6.24. The van der Waals surface area contributed by atoms with Crippen molar-refractivity contribution < 1.29 is 18.3 Å². The molecule has 1 aliphatic rings. The van der Waals surface area contributed by atoms with Crippen LogP contribution in [0, 0.1) is 0 Å². The SMILES string of the molecule is CCOC(=O)C=CCC[C@H]1CC(F)(F)CN1C(C)(C)C. The van der Waals surface area contributed by atoms with E-state index < -0.39 is 5.92 Å². The molecule has 5 heteroatoms. The van der Waals surface area contributed by atoms with Crippen LogP contribution in [0.3, 0.4) is 0 Å². The minimum atomic E-state index is -2.61. The Balaban J connectivity index is 2.51. The van der Waals surface area contributed by atoms with Crippen molar-refractivity contribution in [2.75, 3.05) is 13.2 Å². The second-order valence-corrected chi connectivity index (χ2v) is 6.24. The molecule has 1 rings (SSSR count).